The Morgan fingerprint density at radius 3 is 2.66 bits per heavy atom. The Labute approximate surface area is 251 Å². The molecule has 0 spiro atoms. The molecule has 0 aliphatic carbocycles. The standard InChI is InChI=1S/C30H28FN9O3S/c1-44(41,42)36-11-17-6-18(8-20(31)7-17)24-14-34-15-27-28(24)38-30(37-27)29-23-10-25(35-16-26(23)39-40-29)19-9-22(13-33-12-19)43-21-2-4-32-5-3-21/h6-10,12-16,21,32,36H,2-5,11H2,1H3,(H,37,38)(H,39,40). The molecular formula is C30H28FN9O3S. The number of ether oxygens (including phenoxy) is 1. The van der Waals surface area contributed by atoms with E-state index >= 15 is 0 Å². The number of nitrogens with one attached hydrogen (secondary N) is 4. The Morgan fingerprint density at radius 2 is 1.82 bits per heavy atom. The number of aromatic amines is 2. The number of piperidine rings is 1. The van der Waals surface area contributed by atoms with Crippen molar-refractivity contribution >= 4 is 32.0 Å². The van der Waals surface area contributed by atoms with E-state index in [2.05, 4.69) is 40.2 Å². The van der Waals surface area contributed by atoms with Crippen molar-refractivity contribution in [2.45, 2.75) is 25.5 Å². The summed E-state index contributed by atoms with van der Waals surface area (Å²) in [7, 11) is -3.44. The summed E-state index contributed by atoms with van der Waals surface area (Å²) >= 11 is 0. The quantitative estimate of drug-likeness (QED) is 0.199. The third-order valence-electron chi connectivity index (χ3n) is 7.47. The molecule has 5 aromatic heterocycles. The molecule has 12 nitrogen and oxygen atoms in total. The fourth-order valence-electron chi connectivity index (χ4n) is 5.36. The average Bonchev–Trinajstić information content (AvgIpc) is 3.64. The van der Waals surface area contributed by atoms with E-state index in [1.54, 1.807) is 37.1 Å². The van der Waals surface area contributed by atoms with Gasteiger partial charge >= 0.3 is 0 Å². The first-order chi connectivity index (χ1) is 21.3. The van der Waals surface area contributed by atoms with Crippen LogP contribution in [0.4, 0.5) is 4.39 Å². The van der Waals surface area contributed by atoms with Crippen molar-refractivity contribution < 1.29 is 17.5 Å². The van der Waals surface area contributed by atoms with Crippen molar-refractivity contribution in [3.05, 3.63) is 72.7 Å². The van der Waals surface area contributed by atoms with Gasteiger partial charge in [0.15, 0.2) is 5.82 Å². The van der Waals surface area contributed by atoms with Crippen LogP contribution in [-0.2, 0) is 16.6 Å². The maximum atomic E-state index is 14.6. The maximum absolute atomic E-state index is 14.6. The summed E-state index contributed by atoms with van der Waals surface area (Å²) in [6, 6.07) is 8.25. The Morgan fingerprint density at radius 1 is 0.977 bits per heavy atom. The predicted molar refractivity (Wildman–Crippen MR) is 164 cm³/mol. The number of hydrogen-bond acceptors (Lipinski definition) is 9. The molecule has 6 heterocycles. The van der Waals surface area contributed by atoms with Gasteiger partial charge in [0.2, 0.25) is 10.0 Å². The molecule has 0 amide bonds. The zero-order chi connectivity index (χ0) is 30.3. The van der Waals surface area contributed by atoms with Crippen LogP contribution in [0.1, 0.15) is 18.4 Å². The highest BCUT2D eigenvalue weighted by Crippen LogP contribution is 2.33. The number of H-pyrrole nitrogens is 2. The number of pyridine rings is 3. The van der Waals surface area contributed by atoms with Crippen molar-refractivity contribution in [1.29, 1.82) is 0 Å². The summed E-state index contributed by atoms with van der Waals surface area (Å²) in [5.41, 5.74) is 5.61. The smallest absolute Gasteiger partial charge is 0.209 e. The first kappa shape index (κ1) is 28.0. The van der Waals surface area contributed by atoms with Gasteiger partial charge in [-0.3, -0.25) is 20.1 Å². The molecule has 1 aliphatic rings. The number of hydrogen-bond donors (Lipinski definition) is 4. The Hall–Kier alpha value is -4.79. The summed E-state index contributed by atoms with van der Waals surface area (Å²) in [5, 5.41) is 11.7. The minimum Gasteiger partial charge on any atom is -0.489 e. The molecule has 44 heavy (non-hydrogen) atoms. The second-order valence-electron chi connectivity index (χ2n) is 10.8. The Bertz CT molecular complexity index is 2110. The van der Waals surface area contributed by atoms with E-state index in [-0.39, 0.29) is 12.6 Å². The van der Waals surface area contributed by atoms with Crippen molar-refractivity contribution in [3.63, 3.8) is 0 Å². The number of nitrogens with zero attached hydrogens (tertiary/aromatic N) is 5. The summed E-state index contributed by atoms with van der Waals surface area (Å²) in [6.07, 6.45) is 11.5. The monoisotopic (exact) mass is 613 g/mol. The van der Waals surface area contributed by atoms with Gasteiger partial charge in [0.25, 0.3) is 0 Å². The van der Waals surface area contributed by atoms with Crippen LogP contribution in [-0.4, -0.2) is 69.0 Å². The van der Waals surface area contributed by atoms with Crippen LogP contribution in [0.25, 0.3) is 55.8 Å². The maximum Gasteiger partial charge on any atom is 0.209 e. The molecule has 4 N–H and O–H groups in total. The fraction of sp³-hybridized carbons (Fsp3) is 0.233. The number of aromatic nitrogens is 7. The highest BCUT2D eigenvalue weighted by molar-refractivity contribution is 7.88. The van der Waals surface area contributed by atoms with Crippen LogP contribution in [0.15, 0.2) is 61.3 Å². The predicted octanol–water partition coefficient (Wildman–Crippen LogP) is 3.94. The van der Waals surface area contributed by atoms with Crippen LogP contribution in [0, 0.1) is 5.82 Å². The molecule has 6 aromatic rings. The van der Waals surface area contributed by atoms with Gasteiger partial charge in [0.1, 0.15) is 23.4 Å². The van der Waals surface area contributed by atoms with Crippen LogP contribution in [0.3, 0.4) is 0 Å². The van der Waals surface area contributed by atoms with E-state index in [9.17, 15) is 12.8 Å². The zero-order valence-corrected chi connectivity index (χ0v) is 24.4. The SMILES string of the molecule is CS(=O)(=O)NCc1cc(F)cc(-c2cncc3[nH]c(-c4n[nH]c5cnc(-c6cncc(OC7CCNCC7)c6)cc45)nc23)c1. The van der Waals surface area contributed by atoms with Gasteiger partial charge in [-0.15, -0.1) is 0 Å². The molecule has 1 fully saturated rings. The van der Waals surface area contributed by atoms with Crippen LogP contribution in [0.5, 0.6) is 5.75 Å². The highest BCUT2D eigenvalue weighted by Gasteiger charge is 2.19. The fourth-order valence-corrected chi connectivity index (χ4v) is 5.79. The van der Waals surface area contributed by atoms with Crippen molar-refractivity contribution in [3.8, 4) is 39.7 Å². The van der Waals surface area contributed by atoms with Crippen molar-refractivity contribution in [1.82, 2.24) is 45.2 Å². The molecule has 0 atom stereocenters. The Balaban J connectivity index is 1.23. The minimum absolute atomic E-state index is 0.0446. The molecule has 1 aliphatic heterocycles. The molecular weight excluding hydrogens is 585 g/mol. The second kappa shape index (κ2) is 11.4. The molecule has 0 bridgehead atoms. The minimum atomic E-state index is -3.44. The van der Waals surface area contributed by atoms with Gasteiger partial charge < -0.3 is 15.0 Å². The number of benzene rings is 1. The largest absolute Gasteiger partial charge is 0.489 e. The normalized spacial score (nSPS) is 14.4. The van der Waals surface area contributed by atoms with Gasteiger partial charge in [-0.05, 0) is 67.4 Å². The van der Waals surface area contributed by atoms with Crippen LogP contribution < -0.4 is 14.8 Å². The van der Waals surface area contributed by atoms with Crippen LogP contribution >= 0.6 is 0 Å². The summed E-state index contributed by atoms with van der Waals surface area (Å²) in [5.74, 6) is 0.696. The van der Waals surface area contributed by atoms with Crippen LogP contribution in [0.2, 0.25) is 0 Å². The molecule has 14 heteroatoms. The number of imidazole rings is 1. The topological polar surface area (TPSA) is 163 Å². The van der Waals surface area contributed by atoms with E-state index in [0.717, 1.165) is 48.7 Å². The van der Waals surface area contributed by atoms with E-state index in [4.69, 9.17) is 9.72 Å². The van der Waals surface area contributed by atoms with Gasteiger partial charge in [-0.1, -0.05) is 0 Å². The van der Waals surface area contributed by atoms with E-state index in [0.29, 0.717) is 50.7 Å². The molecule has 1 saturated heterocycles. The summed E-state index contributed by atoms with van der Waals surface area (Å²) in [4.78, 5) is 21.5. The van der Waals surface area contributed by atoms with E-state index in [1.165, 1.54) is 12.1 Å². The molecule has 1 aromatic carbocycles. The lowest BCUT2D eigenvalue weighted by Crippen LogP contribution is -2.34. The summed E-state index contributed by atoms with van der Waals surface area (Å²) in [6.45, 7) is 1.83. The van der Waals surface area contributed by atoms with Gasteiger partial charge in [0.05, 0.1) is 47.1 Å². The first-order valence-electron chi connectivity index (χ1n) is 14.0. The van der Waals surface area contributed by atoms with Gasteiger partial charge in [-0.25, -0.2) is 22.5 Å². The number of halogens is 1. The molecule has 0 radical (unpaired) electrons. The summed E-state index contributed by atoms with van der Waals surface area (Å²) < 4.78 is 46.3. The lowest BCUT2D eigenvalue weighted by Gasteiger charge is -2.23. The number of fused-ring (bicyclic) bond motifs is 2. The number of rotatable bonds is 8. The van der Waals surface area contributed by atoms with Gasteiger partial charge in [0, 0.05) is 35.5 Å². The second-order valence-corrected chi connectivity index (χ2v) is 12.6. The average molecular weight is 614 g/mol. The lowest BCUT2D eigenvalue weighted by molar-refractivity contribution is 0.162. The zero-order valence-electron chi connectivity index (χ0n) is 23.6. The van der Waals surface area contributed by atoms with E-state index < -0.39 is 15.8 Å². The van der Waals surface area contributed by atoms with Gasteiger partial charge in [-0.2, -0.15) is 5.10 Å². The lowest BCUT2D eigenvalue weighted by atomic mass is 10.0. The van der Waals surface area contributed by atoms with Crippen molar-refractivity contribution in [2.75, 3.05) is 19.3 Å². The Kier molecular flexibility index (Phi) is 7.24. The third-order valence-corrected chi connectivity index (χ3v) is 8.14. The van der Waals surface area contributed by atoms with E-state index in [1.807, 2.05) is 12.1 Å². The molecule has 0 saturated carbocycles. The van der Waals surface area contributed by atoms with Crippen molar-refractivity contribution in [2.24, 2.45) is 0 Å². The molecule has 0 unspecified atom stereocenters. The molecule has 224 valence electrons. The molecule has 7 rings (SSSR count). The number of sulfonamides is 1. The third kappa shape index (κ3) is 5.86. The first-order valence-corrected chi connectivity index (χ1v) is 15.9. The highest BCUT2D eigenvalue weighted by atomic mass is 32.2.